The van der Waals surface area contributed by atoms with Crippen LogP contribution in [0.25, 0.3) is 0 Å². The predicted molar refractivity (Wildman–Crippen MR) is 77.8 cm³/mol. The van der Waals surface area contributed by atoms with Crippen molar-refractivity contribution in [2.45, 2.75) is 31.9 Å². The number of carbonyl (C=O) groups is 1. The van der Waals surface area contributed by atoms with Gasteiger partial charge in [0.05, 0.1) is 6.10 Å². The Kier molecular flexibility index (Phi) is 3.76. The lowest BCUT2D eigenvalue weighted by molar-refractivity contribution is 0.0945. The van der Waals surface area contributed by atoms with Gasteiger partial charge in [-0.1, -0.05) is 12.1 Å². The Bertz CT molecular complexity index is 515. The van der Waals surface area contributed by atoms with Crippen molar-refractivity contribution < 1.29 is 9.53 Å². The van der Waals surface area contributed by atoms with Crippen LogP contribution in [0.1, 0.15) is 40.9 Å². The quantitative estimate of drug-likeness (QED) is 0.881. The molecule has 2 aliphatic rings. The van der Waals surface area contributed by atoms with Crippen LogP contribution in [-0.2, 0) is 11.2 Å². The summed E-state index contributed by atoms with van der Waals surface area (Å²) in [4.78, 5) is 12.0. The maximum atomic E-state index is 12.0. The molecule has 0 radical (unpaired) electrons. The Hall–Kier alpha value is -1.39. The standard InChI is InChI=1S/C16H22N2O2/c1-10-13(6-8-20-10)15(17-2)12-4-3-11-5-7-18-16(19)14(11)9-12/h3-4,9-10,13,15,17H,5-8H2,1-2H3,(H,18,19). The molecule has 108 valence electrons. The van der Waals surface area contributed by atoms with Gasteiger partial charge in [0.2, 0.25) is 0 Å². The van der Waals surface area contributed by atoms with Crippen molar-refractivity contribution >= 4 is 5.91 Å². The molecule has 0 aromatic heterocycles. The van der Waals surface area contributed by atoms with E-state index in [4.69, 9.17) is 4.74 Å². The summed E-state index contributed by atoms with van der Waals surface area (Å²) < 4.78 is 5.68. The molecular formula is C16H22N2O2. The zero-order valence-electron chi connectivity index (χ0n) is 12.1. The molecule has 0 aliphatic carbocycles. The zero-order chi connectivity index (χ0) is 14.1. The van der Waals surface area contributed by atoms with Gasteiger partial charge in [-0.15, -0.1) is 0 Å². The van der Waals surface area contributed by atoms with E-state index < -0.39 is 0 Å². The Morgan fingerprint density at radius 1 is 1.45 bits per heavy atom. The third kappa shape index (κ3) is 2.34. The van der Waals surface area contributed by atoms with E-state index >= 15 is 0 Å². The summed E-state index contributed by atoms with van der Waals surface area (Å²) in [6.45, 7) is 3.71. The van der Waals surface area contributed by atoms with Crippen LogP contribution < -0.4 is 10.6 Å². The van der Waals surface area contributed by atoms with Crippen LogP contribution in [0.4, 0.5) is 0 Å². The molecule has 0 bridgehead atoms. The third-order valence-electron chi connectivity index (χ3n) is 4.59. The summed E-state index contributed by atoms with van der Waals surface area (Å²) in [7, 11) is 1.98. The van der Waals surface area contributed by atoms with Crippen LogP contribution in [0, 0.1) is 5.92 Å². The molecule has 1 aromatic rings. The first-order valence-corrected chi connectivity index (χ1v) is 7.40. The molecule has 1 amide bonds. The number of amides is 1. The molecule has 1 aromatic carbocycles. The Morgan fingerprint density at radius 2 is 2.30 bits per heavy atom. The van der Waals surface area contributed by atoms with E-state index in [0.717, 1.165) is 37.1 Å². The molecular weight excluding hydrogens is 252 g/mol. The lowest BCUT2D eigenvalue weighted by Gasteiger charge is -2.27. The van der Waals surface area contributed by atoms with Gasteiger partial charge in [-0.25, -0.2) is 0 Å². The Morgan fingerprint density at radius 3 is 3.00 bits per heavy atom. The van der Waals surface area contributed by atoms with Gasteiger partial charge in [-0.3, -0.25) is 4.79 Å². The largest absolute Gasteiger partial charge is 0.378 e. The number of hydrogen-bond acceptors (Lipinski definition) is 3. The van der Waals surface area contributed by atoms with Crippen molar-refractivity contribution in [3.8, 4) is 0 Å². The van der Waals surface area contributed by atoms with Crippen molar-refractivity contribution in [3.05, 3.63) is 34.9 Å². The topological polar surface area (TPSA) is 50.4 Å². The molecule has 4 heteroatoms. The molecule has 1 saturated heterocycles. The lowest BCUT2D eigenvalue weighted by atomic mass is 9.86. The maximum absolute atomic E-state index is 12.0. The van der Waals surface area contributed by atoms with Gasteiger partial charge in [-0.05, 0) is 44.0 Å². The van der Waals surface area contributed by atoms with E-state index in [1.165, 1.54) is 5.56 Å². The summed E-state index contributed by atoms with van der Waals surface area (Å²) in [5.41, 5.74) is 3.18. The van der Waals surface area contributed by atoms with E-state index in [0.29, 0.717) is 5.92 Å². The SMILES string of the molecule is CNC(c1ccc2c(c1)C(=O)NCC2)C1CCOC1C. The first-order valence-electron chi connectivity index (χ1n) is 7.40. The number of rotatable bonds is 3. The fourth-order valence-electron chi connectivity index (χ4n) is 3.44. The molecule has 3 rings (SSSR count). The molecule has 3 atom stereocenters. The van der Waals surface area contributed by atoms with Gasteiger partial charge in [0.1, 0.15) is 0 Å². The molecule has 3 unspecified atom stereocenters. The van der Waals surface area contributed by atoms with Gasteiger partial charge in [0.25, 0.3) is 5.91 Å². The molecule has 2 aliphatic heterocycles. The smallest absolute Gasteiger partial charge is 0.251 e. The van der Waals surface area contributed by atoms with E-state index in [1.807, 2.05) is 7.05 Å². The number of ether oxygens (including phenoxy) is 1. The van der Waals surface area contributed by atoms with Crippen LogP contribution in [-0.4, -0.2) is 32.2 Å². The van der Waals surface area contributed by atoms with Gasteiger partial charge in [0.15, 0.2) is 0 Å². The number of benzene rings is 1. The Balaban J connectivity index is 1.92. The minimum Gasteiger partial charge on any atom is -0.378 e. The van der Waals surface area contributed by atoms with Gasteiger partial charge >= 0.3 is 0 Å². The summed E-state index contributed by atoms with van der Waals surface area (Å²) in [6, 6.07) is 6.56. The van der Waals surface area contributed by atoms with Crippen LogP contribution in [0.5, 0.6) is 0 Å². The summed E-state index contributed by atoms with van der Waals surface area (Å²) in [6.07, 6.45) is 2.25. The average molecular weight is 274 g/mol. The second-order valence-electron chi connectivity index (χ2n) is 5.72. The van der Waals surface area contributed by atoms with Crippen LogP contribution >= 0.6 is 0 Å². The van der Waals surface area contributed by atoms with Crippen molar-refractivity contribution in [2.75, 3.05) is 20.2 Å². The van der Waals surface area contributed by atoms with Gasteiger partial charge < -0.3 is 15.4 Å². The number of fused-ring (bicyclic) bond motifs is 1. The molecule has 0 spiro atoms. The molecule has 20 heavy (non-hydrogen) atoms. The minimum absolute atomic E-state index is 0.0543. The lowest BCUT2D eigenvalue weighted by Crippen LogP contribution is -2.33. The van der Waals surface area contributed by atoms with E-state index in [2.05, 4.69) is 35.8 Å². The molecule has 4 nitrogen and oxygen atoms in total. The van der Waals surface area contributed by atoms with Crippen molar-refractivity contribution in [1.82, 2.24) is 10.6 Å². The zero-order valence-corrected chi connectivity index (χ0v) is 12.1. The first kappa shape index (κ1) is 13.6. The number of nitrogens with one attached hydrogen (secondary N) is 2. The highest BCUT2D eigenvalue weighted by molar-refractivity contribution is 5.96. The Labute approximate surface area is 119 Å². The monoisotopic (exact) mass is 274 g/mol. The third-order valence-corrected chi connectivity index (χ3v) is 4.59. The van der Waals surface area contributed by atoms with Crippen LogP contribution in [0.2, 0.25) is 0 Å². The maximum Gasteiger partial charge on any atom is 0.251 e. The van der Waals surface area contributed by atoms with Crippen LogP contribution in [0.15, 0.2) is 18.2 Å². The fraction of sp³-hybridized carbons (Fsp3) is 0.562. The second kappa shape index (κ2) is 5.54. The summed E-state index contributed by atoms with van der Waals surface area (Å²) in [5.74, 6) is 0.517. The van der Waals surface area contributed by atoms with Crippen molar-refractivity contribution in [1.29, 1.82) is 0 Å². The average Bonchev–Trinajstić information content (AvgIpc) is 2.87. The normalized spacial score (nSPS) is 27.0. The number of hydrogen-bond donors (Lipinski definition) is 2. The van der Waals surface area contributed by atoms with E-state index in [9.17, 15) is 4.79 Å². The predicted octanol–water partition coefficient (Wildman–Crippen LogP) is 1.66. The van der Waals surface area contributed by atoms with E-state index in [-0.39, 0.29) is 18.1 Å². The molecule has 2 N–H and O–H groups in total. The summed E-state index contributed by atoms with van der Waals surface area (Å²) in [5, 5.41) is 6.32. The van der Waals surface area contributed by atoms with Gasteiger partial charge in [-0.2, -0.15) is 0 Å². The molecule has 0 saturated carbocycles. The summed E-state index contributed by atoms with van der Waals surface area (Å²) >= 11 is 0. The highest BCUT2D eigenvalue weighted by Crippen LogP contribution is 2.34. The highest BCUT2D eigenvalue weighted by atomic mass is 16.5. The van der Waals surface area contributed by atoms with Crippen LogP contribution in [0.3, 0.4) is 0 Å². The second-order valence-corrected chi connectivity index (χ2v) is 5.72. The van der Waals surface area contributed by atoms with Crippen molar-refractivity contribution in [3.63, 3.8) is 0 Å². The fourth-order valence-corrected chi connectivity index (χ4v) is 3.44. The van der Waals surface area contributed by atoms with E-state index in [1.54, 1.807) is 0 Å². The molecule has 1 fully saturated rings. The highest BCUT2D eigenvalue weighted by Gasteiger charge is 2.32. The minimum atomic E-state index is 0.0543. The first-order chi connectivity index (χ1) is 9.70. The number of carbonyl (C=O) groups excluding carboxylic acids is 1. The molecule has 2 heterocycles. The van der Waals surface area contributed by atoms with Gasteiger partial charge in [0, 0.05) is 30.7 Å². The van der Waals surface area contributed by atoms with Crippen molar-refractivity contribution in [2.24, 2.45) is 5.92 Å².